The van der Waals surface area contributed by atoms with Crippen molar-refractivity contribution < 1.29 is 0 Å². The van der Waals surface area contributed by atoms with Crippen LogP contribution in [-0.4, -0.2) is 9.97 Å². The fraction of sp³-hybridized carbons (Fsp3) is 0.0714. The van der Waals surface area contributed by atoms with Crippen LogP contribution < -0.4 is 4.90 Å². The summed E-state index contributed by atoms with van der Waals surface area (Å²) in [4.78, 5) is 10.00. The summed E-state index contributed by atoms with van der Waals surface area (Å²) in [6, 6.07) is 10.2. The van der Waals surface area contributed by atoms with E-state index in [9.17, 15) is 0 Å². The Morgan fingerprint density at radius 2 is 2.00 bits per heavy atom. The van der Waals surface area contributed by atoms with Gasteiger partial charge in [-0.1, -0.05) is 41.6 Å². The van der Waals surface area contributed by atoms with Gasteiger partial charge in [0.15, 0.2) is 5.88 Å². The molecule has 0 fully saturated rings. The molecule has 0 N–H and O–H groups in total. The predicted molar refractivity (Wildman–Crippen MR) is 79.5 cm³/mol. The first kappa shape index (κ1) is 12.5. The van der Waals surface area contributed by atoms with Crippen LogP contribution in [-0.2, 0) is 0 Å². The maximum absolute atomic E-state index is 5.83. The number of rotatable bonds is 2. The normalized spacial score (nSPS) is 14.6. The lowest BCUT2D eigenvalue weighted by Crippen LogP contribution is -2.14. The molecule has 0 unspecified atom stereocenters. The van der Waals surface area contributed by atoms with Gasteiger partial charge in [0.25, 0.3) is 0 Å². The number of nitrogens with zero attached hydrogens (tertiary/aromatic N) is 3. The highest BCUT2D eigenvalue weighted by Gasteiger charge is 2.21. The van der Waals surface area contributed by atoms with Crippen molar-refractivity contribution in [2.24, 2.45) is 0 Å². The summed E-state index contributed by atoms with van der Waals surface area (Å²) in [7, 11) is 0. The zero-order valence-electron chi connectivity index (χ0n) is 10.2. The van der Waals surface area contributed by atoms with Gasteiger partial charge in [-0.25, -0.2) is 9.97 Å². The summed E-state index contributed by atoms with van der Waals surface area (Å²) >= 11 is 7.34. The minimum Gasteiger partial charge on any atom is -0.303 e. The predicted octanol–water partition coefficient (Wildman–Crippen LogP) is 3.99. The number of thioether (sulfide) groups is 1. The third-order valence-electron chi connectivity index (χ3n) is 2.74. The highest BCUT2D eigenvalue weighted by molar-refractivity contribution is 8.04. The van der Waals surface area contributed by atoms with Gasteiger partial charge in [0, 0.05) is 6.20 Å². The third kappa shape index (κ3) is 2.60. The molecule has 5 heteroatoms. The summed E-state index contributed by atoms with van der Waals surface area (Å²) in [6.07, 6.45) is 1.64. The average Bonchev–Trinajstić information content (AvgIpc) is 2.89. The Hall–Kier alpha value is -1.52. The van der Waals surface area contributed by atoms with Crippen LogP contribution in [0.2, 0.25) is 5.28 Å². The summed E-state index contributed by atoms with van der Waals surface area (Å²) in [6.45, 7) is 2.07. The lowest BCUT2D eigenvalue weighted by atomic mass is 10.1. The molecule has 0 aliphatic carbocycles. The van der Waals surface area contributed by atoms with Gasteiger partial charge in [0.1, 0.15) is 5.82 Å². The van der Waals surface area contributed by atoms with E-state index in [-0.39, 0.29) is 5.28 Å². The van der Waals surface area contributed by atoms with E-state index >= 15 is 0 Å². The van der Waals surface area contributed by atoms with Gasteiger partial charge in [-0.15, -0.1) is 0 Å². The number of halogens is 1. The smallest absolute Gasteiger partial charge is 0.224 e. The van der Waals surface area contributed by atoms with E-state index in [2.05, 4.69) is 47.0 Å². The van der Waals surface area contributed by atoms with Gasteiger partial charge in [0.2, 0.25) is 5.28 Å². The summed E-state index contributed by atoms with van der Waals surface area (Å²) in [5, 5.41) is 2.28. The van der Waals surface area contributed by atoms with Crippen molar-refractivity contribution in [1.82, 2.24) is 9.97 Å². The second-order valence-corrected chi connectivity index (χ2v) is 5.09. The topological polar surface area (TPSA) is 29.0 Å². The van der Waals surface area contributed by atoms with Crippen molar-refractivity contribution in [3.63, 3.8) is 0 Å². The molecule has 94 valence electrons. The fourth-order valence-electron chi connectivity index (χ4n) is 1.78. The molecule has 0 amide bonds. The maximum atomic E-state index is 5.83. The minimum absolute atomic E-state index is 0.236. The highest BCUT2D eigenvalue weighted by Crippen LogP contribution is 2.37. The first-order valence-electron chi connectivity index (χ1n) is 5.71. The third-order valence-corrected chi connectivity index (χ3v) is 3.55. The van der Waals surface area contributed by atoms with E-state index in [0.717, 1.165) is 17.1 Å². The molecule has 0 saturated heterocycles. The lowest BCUT2D eigenvalue weighted by Gasteiger charge is -2.19. The van der Waals surface area contributed by atoms with Crippen LogP contribution in [0.4, 0.5) is 5.82 Å². The zero-order chi connectivity index (χ0) is 13.2. The van der Waals surface area contributed by atoms with Crippen molar-refractivity contribution in [3.8, 4) is 0 Å². The Labute approximate surface area is 121 Å². The first-order chi connectivity index (χ1) is 9.24. The van der Waals surface area contributed by atoms with Crippen molar-refractivity contribution in [2.45, 2.75) is 6.92 Å². The van der Waals surface area contributed by atoms with Gasteiger partial charge in [-0.05, 0) is 35.6 Å². The average molecular weight is 288 g/mol. The molecule has 3 rings (SSSR count). The van der Waals surface area contributed by atoms with Gasteiger partial charge in [-0.2, -0.15) is 0 Å². The number of aryl methyl sites for hydroxylation is 1. The molecule has 1 aliphatic rings. The van der Waals surface area contributed by atoms with E-state index in [1.807, 2.05) is 16.4 Å². The molecule has 0 spiro atoms. The molecule has 2 radical (unpaired) electrons. The quantitative estimate of drug-likeness (QED) is 0.781. The Morgan fingerprint density at radius 1 is 1.21 bits per heavy atom. The van der Waals surface area contributed by atoms with Crippen molar-refractivity contribution >= 4 is 34.9 Å². The van der Waals surface area contributed by atoms with E-state index in [4.69, 9.17) is 11.6 Å². The molecule has 0 atom stereocenters. The van der Waals surface area contributed by atoms with Crippen LogP contribution in [0.25, 0.3) is 5.70 Å². The Bertz CT molecular complexity index is 625. The molecular formula is C14H10ClN3S. The Morgan fingerprint density at radius 3 is 2.74 bits per heavy atom. The lowest BCUT2D eigenvalue weighted by molar-refractivity contribution is 1.11. The Kier molecular flexibility index (Phi) is 3.44. The van der Waals surface area contributed by atoms with Crippen LogP contribution in [0.15, 0.2) is 41.9 Å². The Balaban J connectivity index is 1.95. The van der Waals surface area contributed by atoms with Crippen molar-refractivity contribution in [3.05, 3.63) is 64.2 Å². The molecule has 1 aromatic heterocycles. The summed E-state index contributed by atoms with van der Waals surface area (Å²) < 4.78 is 0. The number of hydrogen-bond acceptors (Lipinski definition) is 4. The second-order valence-electron chi connectivity index (χ2n) is 4.10. The van der Waals surface area contributed by atoms with Crippen LogP contribution >= 0.6 is 23.4 Å². The minimum atomic E-state index is 0.236. The van der Waals surface area contributed by atoms with Gasteiger partial charge in [-0.3, -0.25) is 0 Å². The van der Waals surface area contributed by atoms with E-state index < -0.39 is 0 Å². The first-order valence-corrected chi connectivity index (χ1v) is 6.97. The highest BCUT2D eigenvalue weighted by atomic mass is 35.5. The summed E-state index contributed by atoms with van der Waals surface area (Å²) in [5.74, 6) is 3.89. The molecule has 0 bridgehead atoms. The van der Waals surface area contributed by atoms with Crippen LogP contribution in [0.3, 0.4) is 0 Å². The van der Waals surface area contributed by atoms with Crippen molar-refractivity contribution in [1.29, 1.82) is 0 Å². The van der Waals surface area contributed by atoms with Gasteiger partial charge in [0.05, 0.1) is 5.70 Å². The molecular weight excluding hydrogens is 278 g/mol. The maximum Gasteiger partial charge on any atom is 0.224 e. The van der Waals surface area contributed by atoms with Crippen LogP contribution in [0, 0.1) is 12.8 Å². The molecule has 1 aliphatic heterocycles. The number of anilines is 1. The molecule has 19 heavy (non-hydrogen) atoms. The van der Waals surface area contributed by atoms with Crippen LogP contribution in [0.5, 0.6) is 0 Å². The van der Waals surface area contributed by atoms with Crippen molar-refractivity contribution in [2.75, 3.05) is 4.90 Å². The molecule has 3 nitrogen and oxygen atoms in total. The largest absolute Gasteiger partial charge is 0.303 e. The molecule has 2 heterocycles. The van der Waals surface area contributed by atoms with E-state index in [1.165, 1.54) is 17.3 Å². The fourth-order valence-corrected chi connectivity index (χ4v) is 2.63. The summed E-state index contributed by atoms with van der Waals surface area (Å²) in [5.41, 5.74) is 3.40. The van der Waals surface area contributed by atoms with E-state index in [1.54, 1.807) is 6.20 Å². The monoisotopic (exact) mass is 287 g/mol. The van der Waals surface area contributed by atoms with Gasteiger partial charge < -0.3 is 4.90 Å². The number of benzene rings is 1. The van der Waals surface area contributed by atoms with Crippen LogP contribution in [0.1, 0.15) is 11.1 Å². The standard InChI is InChI=1S/C14H10ClN3S/c1-10-2-4-11(5-3-10)12-8-19-9-18(12)13-6-7-16-14(15)17-13/h2-8H,1H3. The molecule has 1 aromatic carbocycles. The van der Waals surface area contributed by atoms with E-state index in [0.29, 0.717) is 0 Å². The second kappa shape index (κ2) is 5.23. The SMILES string of the molecule is Cc1ccc(C2=CS[C]N2c2ccnc(Cl)n2)cc1. The molecule has 0 saturated carbocycles. The molecule has 2 aromatic rings. The number of hydrogen-bond donors (Lipinski definition) is 0. The number of aromatic nitrogens is 2. The van der Waals surface area contributed by atoms with Gasteiger partial charge >= 0.3 is 0 Å². The zero-order valence-corrected chi connectivity index (χ0v) is 11.7.